The second-order valence-electron chi connectivity index (χ2n) is 4.53. The van der Waals surface area contributed by atoms with Gasteiger partial charge in [-0.3, -0.25) is 4.79 Å². The first-order chi connectivity index (χ1) is 9.78. The van der Waals surface area contributed by atoms with E-state index in [1.165, 1.54) is 13.2 Å². The number of hydrogen-bond donors (Lipinski definition) is 1. The average Bonchev–Trinajstić information content (AvgIpc) is 2.91. The Balaban J connectivity index is 2.54. The molecule has 1 saturated heterocycles. The van der Waals surface area contributed by atoms with E-state index in [0.29, 0.717) is 6.42 Å². The molecule has 116 valence electrons. The van der Waals surface area contributed by atoms with E-state index in [2.05, 4.69) is 15.9 Å². The van der Waals surface area contributed by atoms with Gasteiger partial charge in [-0.1, -0.05) is 0 Å². The van der Waals surface area contributed by atoms with Crippen molar-refractivity contribution in [1.82, 2.24) is 4.31 Å². The molecule has 1 aromatic carbocycles. The van der Waals surface area contributed by atoms with Crippen LogP contribution in [0.3, 0.4) is 0 Å². The Bertz CT molecular complexity index is 678. The Morgan fingerprint density at radius 3 is 2.76 bits per heavy atom. The third-order valence-electron chi connectivity index (χ3n) is 3.28. The third-order valence-corrected chi connectivity index (χ3v) is 5.82. The summed E-state index contributed by atoms with van der Waals surface area (Å²) < 4.78 is 44.8. The number of nitrogens with zero attached hydrogens (tertiary/aromatic N) is 1. The molecule has 0 amide bonds. The minimum absolute atomic E-state index is 0.0423. The van der Waals surface area contributed by atoms with Gasteiger partial charge >= 0.3 is 5.97 Å². The topological polar surface area (TPSA) is 83.9 Å². The molecule has 6 nitrogen and oxygen atoms in total. The number of aliphatic carboxylic acids is 1. The van der Waals surface area contributed by atoms with Gasteiger partial charge in [0.15, 0.2) is 0 Å². The first-order valence-corrected chi connectivity index (χ1v) is 8.30. The van der Waals surface area contributed by atoms with Gasteiger partial charge < -0.3 is 9.84 Å². The highest BCUT2D eigenvalue weighted by Gasteiger charge is 2.41. The van der Waals surface area contributed by atoms with Gasteiger partial charge in [-0.25, -0.2) is 12.8 Å². The summed E-state index contributed by atoms with van der Waals surface area (Å²) in [5, 5.41) is 9.10. The number of methoxy groups -OCH3 is 1. The number of ether oxygens (including phenoxy) is 1. The zero-order valence-corrected chi connectivity index (χ0v) is 13.4. The molecule has 1 heterocycles. The Kier molecular flexibility index (Phi) is 4.54. The maximum absolute atomic E-state index is 13.7. The maximum Gasteiger partial charge on any atom is 0.322 e. The molecule has 21 heavy (non-hydrogen) atoms. The zero-order chi connectivity index (χ0) is 15.8. The highest BCUT2D eigenvalue weighted by atomic mass is 79.9. The Hall–Kier alpha value is -1.19. The summed E-state index contributed by atoms with van der Waals surface area (Å²) in [5.41, 5.74) is 0. The number of benzene rings is 1. The molecule has 0 spiro atoms. The van der Waals surface area contributed by atoms with Crippen LogP contribution in [0.5, 0.6) is 5.75 Å². The van der Waals surface area contributed by atoms with Crippen LogP contribution in [0.25, 0.3) is 0 Å². The number of carboxylic acid groups (broad SMARTS) is 1. The van der Waals surface area contributed by atoms with Crippen molar-refractivity contribution in [2.24, 2.45) is 0 Å². The molecule has 9 heteroatoms. The molecule has 1 N–H and O–H groups in total. The average molecular weight is 382 g/mol. The number of rotatable bonds is 4. The summed E-state index contributed by atoms with van der Waals surface area (Å²) in [6.07, 6.45) is 0.674. The lowest BCUT2D eigenvalue weighted by Crippen LogP contribution is -2.40. The molecule has 1 atom stereocenters. The maximum atomic E-state index is 13.7. The first-order valence-electron chi connectivity index (χ1n) is 6.06. The molecule has 1 unspecified atom stereocenters. The number of sulfonamides is 1. The van der Waals surface area contributed by atoms with Gasteiger partial charge in [0.1, 0.15) is 22.5 Å². The van der Waals surface area contributed by atoms with Crippen molar-refractivity contribution >= 4 is 31.9 Å². The minimum Gasteiger partial charge on any atom is -0.495 e. The molecule has 1 aliphatic rings. The molecule has 0 saturated carbocycles. The molecular weight excluding hydrogens is 369 g/mol. The van der Waals surface area contributed by atoms with Crippen molar-refractivity contribution < 1.29 is 27.4 Å². The standard InChI is InChI=1S/C12H13BrFNO5S/c1-20-10-5-7(13)8(14)6-11(10)21(18,19)15-4-2-3-9(15)12(16)17/h5-6,9H,2-4H2,1H3,(H,16,17). The highest BCUT2D eigenvalue weighted by molar-refractivity contribution is 9.10. The van der Waals surface area contributed by atoms with Crippen LogP contribution in [0.15, 0.2) is 21.5 Å². The number of carboxylic acids is 1. The van der Waals surface area contributed by atoms with Gasteiger partial charge in [-0.05, 0) is 40.9 Å². The van der Waals surface area contributed by atoms with E-state index in [1.807, 2.05) is 0 Å². The Morgan fingerprint density at radius 2 is 2.19 bits per heavy atom. The smallest absolute Gasteiger partial charge is 0.322 e. The first kappa shape index (κ1) is 16.2. The lowest BCUT2D eigenvalue weighted by atomic mass is 10.2. The van der Waals surface area contributed by atoms with E-state index in [-0.39, 0.29) is 28.1 Å². The van der Waals surface area contributed by atoms with Crippen LogP contribution in [0.4, 0.5) is 4.39 Å². The van der Waals surface area contributed by atoms with Gasteiger partial charge in [0.05, 0.1) is 11.6 Å². The van der Waals surface area contributed by atoms with Gasteiger partial charge in [0, 0.05) is 6.54 Å². The molecule has 2 rings (SSSR count). The van der Waals surface area contributed by atoms with Crippen LogP contribution >= 0.6 is 15.9 Å². The monoisotopic (exact) mass is 381 g/mol. The van der Waals surface area contributed by atoms with Crippen LogP contribution < -0.4 is 4.74 Å². The van der Waals surface area contributed by atoms with Crippen molar-refractivity contribution in [2.75, 3.05) is 13.7 Å². The lowest BCUT2D eigenvalue weighted by molar-refractivity contribution is -0.140. The fourth-order valence-corrected chi connectivity index (χ4v) is 4.40. The molecule has 1 fully saturated rings. The zero-order valence-electron chi connectivity index (χ0n) is 11.0. The van der Waals surface area contributed by atoms with Crippen molar-refractivity contribution in [1.29, 1.82) is 0 Å². The molecule has 0 bridgehead atoms. The largest absolute Gasteiger partial charge is 0.495 e. The van der Waals surface area contributed by atoms with E-state index in [1.54, 1.807) is 0 Å². The van der Waals surface area contributed by atoms with Gasteiger partial charge in [0.25, 0.3) is 0 Å². The van der Waals surface area contributed by atoms with Crippen LogP contribution in [-0.4, -0.2) is 43.5 Å². The third kappa shape index (κ3) is 2.90. The summed E-state index contributed by atoms with van der Waals surface area (Å²) >= 11 is 2.95. The summed E-state index contributed by atoms with van der Waals surface area (Å²) in [6, 6.07) is 0.898. The van der Waals surface area contributed by atoms with Crippen molar-refractivity contribution in [3.63, 3.8) is 0 Å². The van der Waals surface area contributed by atoms with Crippen LogP contribution in [-0.2, 0) is 14.8 Å². The normalized spacial score (nSPS) is 19.7. The van der Waals surface area contributed by atoms with Crippen LogP contribution in [0.1, 0.15) is 12.8 Å². The molecule has 0 aliphatic carbocycles. The second-order valence-corrected chi connectivity index (χ2v) is 7.24. The van der Waals surface area contributed by atoms with E-state index in [9.17, 15) is 17.6 Å². The quantitative estimate of drug-likeness (QED) is 0.859. The van der Waals surface area contributed by atoms with Crippen LogP contribution in [0.2, 0.25) is 0 Å². The van der Waals surface area contributed by atoms with E-state index >= 15 is 0 Å². The van der Waals surface area contributed by atoms with E-state index in [0.717, 1.165) is 10.4 Å². The predicted molar refractivity (Wildman–Crippen MR) is 75.2 cm³/mol. The molecular formula is C12H13BrFNO5S. The fraction of sp³-hybridized carbons (Fsp3) is 0.417. The number of carbonyl (C=O) groups is 1. The highest BCUT2D eigenvalue weighted by Crippen LogP contribution is 2.34. The lowest BCUT2D eigenvalue weighted by Gasteiger charge is -2.22. The van der Waals surface area contributed by atoms with E-state index in [4.69, 9.17) is 9.84 Å². The van der Waals surface area contributed by atoms with Gasteiger partial charge in [-0.2, -0.15) is 4.31 Å². The van der Waals surface area contributed by atoms with Crippen molar-refractivity contribution in [3.05, 3.63) is 22.4 Å². The minimum atomic E-state index is -4.15. The fourth-order valence-electron chi connectivity index (χ4n) is 2.27. The molecule has 0 aromatic heterocycles. The molecule has 0 radical (unpaired) electrons. The summed E-state index contributed by atoms with van der Waals surface area (Å²) in [4.78, 5) is 10.8. The van der Waals surface area contributed by atoms with Crippen molar-refractivity contribution in [2.45, 2.75) is 23.8 Å². The molecule has 1 aliphatic heterocycles. The summed E-state index contributed by atoms with van der Waals surface area (Å²) in [5.74, 6) is -2.02. The Labute approximate surface area is 129 Å². The second kappa shape index (κ2) is 5.90. The summed E-state index contributed by atoms with van der Waals surface area (Å²) in [6.45, 7) is 0.0835. The number of halogens is 2. The van der Waals surface area contributed by atoms with Gasteiger partial charge in [-0.15, -0.1) is 0 Å². The SMILES string of the molecule is COc1cc(Br)c(F)cc1S(=O)(=O)N1CCCC1C(=O)O. The number of hydrogen-bond acceptors (Lipinski definition) is 4. The van der Waals surface area contributed by atoms with Gasteiger partial charge in [0.2, 0.25) is 10.0 Å². The molecule has 1 aromatic rings. The van der Waals surface area contributed by atoms with E-state index < -0.39 is 27.9 Å². The van der Waals surface area contributed by atoms with Crippen LogP contribution in [0, 0.1) is 5.82 Å². The summed E-state index contributed by atoms with van der Waals surface area (Å²) in [7, 11) is -2.89. The Morgan fingerprint density at radius 1 is 1.52 bits per heavy atom. The van der Waals surface area contributed by atoms with Crippen molar-refractivity contribution in [3.8, 4) is 5.75 Å². The predicted octanol–water partition coefficient (Wildman–Crippen LogP) is 1.83.